The summed E-state index contributed by atoms with van der Waals surface area (Å²) in [5.41, 5.74) is 1.44. The molecule has 1 unspecified atom stereocenters. The molecule has 2 fully saturated rings. The zero-order chi connectivity index (χ0) is 24.4. The van der Waals surface area contributed by atoms with Crippen molar-refractivity contribution in [1.29, 1.82) is 0 Å². The smallest absolute Gasteiger partial charge is 0.286 e. The summed E-state index contributed by atoms with van der Waals surface area (Å²) < 4.78 is 0. The maximum Gasteiger partial charge on any atom is 0.286 e. The van der Waals surface area contributed by atoms with Gasteiger partial charge in [0.1, 0.15) is 5.82 Å². The number of halogens is 1. The number of carbonyl (C=O) groups is 2. The highest BCUT2D eigenvalue weighted by atomic mass is 35.5. The van der Waals surface area contributed by atoms with Crippen molar-refractivity contribution in [3.63, 3.8) is 0 Å². The number of amides is 2. The Morgan fingerprint density at radius 2 is 1.97 bits per heavy atom. The number of hydrogen-bond donors (Lipinski definition) is 0. The summed E-state index contributed by atoms with van der Waals surface area (Å²) in [5, 5.41) is 1.40. The van der Waals surface area contributed by atoms with E-state index in [2.05, 4.69) is 26.7 Å². The van der Waals surface area contributed by atoms with Gasteiger partial charge in [-0.2, -0.15) is 16.8 Å². The van der Waals surface area contributed by atoms with E-state index in [1.54, 1.807) is 6.20 Å². The van der Waals surface area contributed by atoms with Crippen LogP contribution in [0.2, 0.25) is 5.02 Å². The third-order valence-electron chi connectivity index (χ3n) is 6.25. The molecule has 10 heteroatoms. The third kappa shape index (κ3) is 5.37. The van der Waals surface area contributed by atoms with Crippen LogP contribution in [0.1, 0.15) is 22.8 Å². The van der Waals surface area contributed by atoms with E-state index < -0.39 is 0 Å². The van der Waals surface area contributed by atoms with Crippen LogP contribution in [0.25, 0.3) is 6.08 Å². The van der Waals surface area contributed by atoms with Gasteiger partial charge >= 0.3 is 0 Å². The van der Waals surface area contributed by atoms with E-state index in [0.29, 0.717) is 35.1 Å². The lowest BCUT2D eigenvalue weighted by Gasteiger charge is -2.40. The van der Waals surface area contributed by atoms with Gasteiger partial charge in [0.05, 0.1) is 9.93 Å². The highest BCUT2D eigenvalue weighted by Gasteiger charge is 2.30. The molecule has 2 saturated heterocycles. The second-order valence-electron chi connectivity index (χ2n) is 8.64. The SMILES string of the molecule is CC1CN(C(=O)c2cccc(/C=C3/SC(N4CCSCC4)=NC3=O)c2)CCN1c1ncccc1Cl. The highest BCUT2D eigenvalue weighted by molar-refractivity contribution is 8.18. The van der Waals surface area contributed by atoms with Crippen molar-refractivity contribution in [3.8, 4) is 0 Å². The molecule has 1 aromatic carbocycles. The Morgan fingerprint density at radius 1 is 1.14 bits per heavy atom. The minimum absolute atomic E-state index is 0.0166. The van der Waals surface area contributed by atoms with Crippen molar-refractivity contribution in [2.24, 2.45) is 4.99 Å². The van der Waals surface area contributed by atoms with Crippen LogP contribution >= 0.6 is 35.1 Å². The molecule has 3 aliphatic heterocycles. The monoisotopic (exact) mass is 527 g/mol. The van der Waals surface area contributed by atoms with Crippen LogP contribution < -0.4 is 4.90 Å². The summed E-state index contributed by atoms with van der Waals surface area (Å²) in [6.45, 7) is 5.73. The van der Waals surface area contributed by atoms with Crippen molar-refractivity contribution in [2.45, 2.75) is 13.0 Å². The lowest BCUT2D eigenvalue weighted by atomic mass is 10.1. The minimum atomic E-state index is -0.210. The second kappa shape index (κ2) is 10.6. The van der Waals surface area contributed by atoms with Crippen LogP contribution in [0.4, 0.5) is 5.82 Å². The molecule has 0 saturated carbocycles. The second-order valence-corrected chi connectivity index (χ2v) is 11.3. The predicted octanol–water partition coefficient (Wildman–Crippen LogP) is 4.11. The van der Waals surface area contributed by atoms with Gasteiger partial charge in [-0.3, -0.25) is 9.59 Å². The lowest BCUT2D eigenvalue weighted by molar-refractivity contribution is -0.113. The minimum Gasteiger partial charge on any atom is -0.349 e. The van der Waals surface area contributed by atoms with E-state index in [9.17, 15) is 9.59 Å². The Morgan fingerprint density at radius 3 is 2.74 bits per heavy atom. The van der Waals surface area contributed by atoms with E-state index in [1.165, 1.54) is 11.8 Å². The van der Waals surface area contributed by atoms with Crippen molar-refractivity contribution in [2.75, 3.05) is 49.1 Å². The van der Waals surface area contributed by atoms with Gasteiger partial charge in [0.2, 0.25) is 0 Å². The van der Waals surface area contributed by atoms with Crippen LogP contribution in [0, 0.1) is 0 Å². The van der Waals surface area contributed by atoms with Gasteiger partial charge in [-0.25, -0.2) is 4.98 Å². The summed E-state index contributed by atoms with van der Waals surface area (Å²) in [4.78, 5) is 41.3. The zero-order valence-electron chi connectivity index (χ0n) is 19.4. The largest absolute Gasteiger partial charge is 0.349 e. The standard InChI is InChI=1S/C25H26ClN5O2S2/c1-17-16-30(8-9-31(17)22-20(26)6-3-7-27-22)24(33)19-5-2-4-18(14-19)15-21-23(32)28-25(35-21)29-10-12-34-13-11-29/h2-7,14-15,17H,8-13,16H2,1H3/b21-15+. The fourth-order valence-electron chi connectivity index (χ4n) is 4.43. The molecule has 182 valence electrons. The highest BCUT2D eigenvalue weighted by Crippen LogP contribution is 2.31. The quantitative estimate of drug-likeness (QED) is 0.556. The molecule has 1 atom stereocenters. The van der Waals surface area contributed by atoms with Gasteiger partial charge in [0.25, 0.3) is 11.8 Å². The summed E-state index contributed by atoms with van der Waals surface area (Å²) in [5.74, 6) is 2.64. The average Bonchev–Trinajstić information content (AvgIpc) is 3.25. The number of nitrogens with zero attached hydrogens (tertiary/aromatic N) is 5. The van der Waals surface area contributed by atoms with Crippen LogP contribution in [-0.4, -0.2) is 82.0 Å². The summed E-state index contributed by atoms with van der Waals surface area (Å²) in [7, 11) is 0. The predicted molar refractivity (Wildman–Crippen MR) is 145 cm³/mol. The van der Waals surface area contributed by atoms with Gasteiger partial charge in [-0.1, -0.05) is 23.7 Å². The Bertz CT molecular complexity index is 1200. The molecule has 3 aliphatic rings. The number of aromatic nitrogens is 1. The fraction of sp³-hybridized carbons (Fsp3) is 0.360. The fourth-order valence-corrected chi connectivity index (χ4v) is 6.53. The first-order valence-electron chi connectivity index (χ1n) is 11.6. The number of thioether (sulfide) groups is 2. The van der Waals surface area contributed by atoms with Crippen LogP contribution in [0.3, 0.4) is 0 Å². The molecule has 2 amide bonds. The van der Waals surface area contributed by atoms with E-state index in [-0.39, 0.29) is 17.9 Å². The number of rotatable bonds is 3. The first-order chi connectivity index (χ1) is 17.0. The molecule has 5 rings (SSSR count). The van der Waals surface area contributed by atoms with Gasteiger partial charge in [0, 0.05) is 62.0 Å². The number of pyridine rings is 1. The number of aliphatic imine (C=N–C) groups is 1. The summed E-state index contributed by atoms with van der Waals surface area (Å²) >= 11 is 9.69. The van der Waals surface area contributed by atoms with E-state index >= 15 is 0 Å². The molecule has 0 bridgehead atoms. The molecule has 7 nitrogen and oxygen atoms in total. The molecule has 35 heavy (non-hydrogen) atoms. The number of benzene rings is 1. The van der Waals surface area contributed by atoms with Gasteiger partial charge in [-0.05, 0) is 54.6 Å². The van der Waals surface area contributed by atoms with Crippen LogP contribution in [-0.2, 0) is 4.79 Å². The summed E-state index contributed by atoms with van der Waals surface area (Å²) in [6, 6.07) is 11.2. The number of carbonyl (C=O) groups excluding carboxylic acids is 2. The molecule has 0 N–H and O–H groups in total. The van der Waals surface area contributed by atoms with E-state index in [0.717, 1.165) is 41.1 Å². The average molecular weight is 528 g/mol. The number of amidine groups is 1. The zero-order valence-corrected chi connectivity index (χ0v) is 21.8. The van der Waals surface area contributed by atoms with Crippen molar-refractivity contribution in [1.82, 2.24) is 14.8 Å². The summed E-state index contributed by atoms with van der Waals surface area (Å²) in [6.07, 6.45) is 3.57. The molecule has 1 aromatic heterocycles. The number of piperazine rings is 1. The van der Waals surface area contributed by atoms with E-state index in [4.69, 9.17) is 11.6 Å². The molecule has 0 spiro atoms. The van der Waals surface area contributed by atoms with Crippen molar-refractivity contribution in [3.05, 3.63) is 63.6 Å². The third-order valence-corrected chi connectivity index (χ3v) is 8.53. The maximum atomic E-state index is 13.3. The number of anilines is 1. The van der Waals surface area contributed by atoms with Crippen molar-refractivity contribution >= 4 is 64.0 Å². The maximum absolute atomic E-state index is 13.3. The Labute approximate surface area is 218 Å². The molecule has 0 aliphatic carbocycles. The van der Waals surface area contributed by atoms with Crippen LogP contribution in [0.5, 0.6) is 0 Å². The Balaban J connectivity index is 1.26. The van der Waals surface area contributed by atoms with Gasteiger partial charge in [-0.15, -0.1) is 0 Å². The molecule has 2 aromatic rings. The van der Waals surface area contributed by atoms with Crippen LogP contribution in [0.15, 0.2) is 52.5 Å². The molecule has 0 radical (unpaired) electrons. The Hall–Kier alpha value is -2.49. The Kier molecular flexibility index (Phi) is 7.36. The van der Waals surface area contributed by atoms with E-state index in [1.807, 2.05) is 59.1 Å². The molecular formula is C25H26ClN5O2S2. The van der Waals surface area contributed by atoms with Gasteiger partial charge in [0.15, 0.2) is 5.17 Å². The first kappa shape index (κ1) is 24.2. The topological polar surface area (TPSA) is 69.1 Å². The molecular weight excluding hydrogens is 502 g/mol. The van der Waals surface area contributed by atoms with Crippen molar-refractivity contribution < 1.29 is 9.59 Å². The van der Waals surface area contributed by atoms with Gasteiger partial charge < -0.3 is 14.7 Å². The molecule has 4 heterocycles. The normalized spacial score (nSPS) is 22.1. The lowest BCUT2D eigenvalue weighted by Crippen LogP contribution is -2.54. The number of hydrogen-bond acceptors (Lipinski definition) is 7. The first-order valence-corrected chi connectivity index (χ1v) is 14.0.